The summed E-state index contributed by atoms with van der Waals surface area (Å²) in [5, 5.41) is 0. The third-order valence-electron chi connectivity index (χ3n) is 5.51. The first-order valence-corrected chi connectivity index (χ1v) is 10.6. The van der Waals surface area contributed by atoms with Gasteiger partial charge in [0.25, 0.3) is 0 Å². The Hall–Kier alpha value is -3.39. The number of allylic oxidation sites excluding steroid dienone is 13. The van der Waals surface area contributed by atoms with Gasteiger partial charge in [-0.1, -0.05) is 98.9 Å². The van der Waals surface area contributed by atoms with E-state index >= 15 is 0 Å². The first-order valence-electron chi connectivity index (χ1n) is 10.6. The Balaban J connectivity index is 2.10. The molecule has 2 aliphatic rings. The van der Waals surface area contributed by atoms with E-state index in [1.165, 1.54) is 12.7 Å². The van der Waals surface area contributed by atoms with Gasteiger partial charge >= 0.3 is 5.97 Å². The van der Waals surface area contributed by atoms with Gasteiger partial charge in [-0.3, -0.25) is 0 Å². The van der Waals surface area contributed by atoms with E-state index in [9.17, 15) is 4.79 Å². The minimum Gasteiger partial charge on any atom is -0.465 e. The molecule has 0 unspecified atom stereocenters. The molecule has 0 N–H and O–H groups in total. The largest absolute Gasteiger partial charge is 0.465 e. The van der Waals surface area contributed by atoms with Crippen molar-refractivity contribution in [2.45, 2.75) is 27.7 Å². The molecule has 0 radical (unpaired) electrons. The number of carbonyl (C=O) groups excluding carboxylic acids is 1. The fourth-order valence-corrected chi connectivity index (χ4v) is 3.69. The number of rotatable bonds is 5. The molecule has 2 nitrogen and oxygen atoms in total. The third kappa shape index (κ3) is 5.21. The fourth-order valence-electron chi connectivity index (χ4n) is 3.69. The molecular weight excluding hydrogens is 380 g/mol. The van der Waals surface area contributed by atoms with Gasteiger partial charge in [-0.05, 0) is 58.8 Å². The molecule has 3 rings (SSSR count). The average Bonchev–Trinajstić information content (AvgIpc) is 3.02. The Bertz CT molecular complexity index is 1090. The maximum Gasteiger partial charge on any atom is 0.339 e. The maximum absolute atomic E-state index is 13.0. The molecule has 0 aromatic heterocycles. The lowest BCUT2D eigenvalue weighted by molar-refractivity contribution is -0.135. The molecule has 0 bridgehead atoms. The van der Waals surface area contributed by atoms with Crippen LogP contribution < -0.4 is 0 Å². The molecule has 31 heavy (non-hydrogen) atoms. The summed E-state index contributed by atoms with van der Waals surface area (Å²) in [6.07, 6.45) is 18.5. The van der Waals surface area contributed by atoms with Gasteiger partial charge in [0.2, 0.25) is 0 Å². The standard InChI is InChI=1S/C29H30O2/c1-20(2)25-18-16-22(4)27-26(19-25)21(3)15-17-24(28(27)29(30)31-5)14-10-9-13-23-11-7-6-8-12-23/h6-20H,1-5H3/b13-9+,14-10+. The SMILES string of the molecule is COC(=O)C1=C2C(C)=CC=C(C(C)C)C=C2C(C)=CC=C1/C=C/C=C/c1ccccc1. The number of hydrogen-bond donors (Lipinski definition) is 0. The van der Waals surface area contributed by atoms with Crippen molar-refractivity contribution in [1.29, 1.82) is 0 Å². The second-order valence-corrected chi connectivity index (χ2v) is 8.07. The molecule has 2 aliphatic carbocycles. The van der Waals surface area contributed by atoms with E-state index in [1.807, 2.05) is 48.6 Å². The van der Waals surface area contributed by atoms with Crippen LogP contribution in [0.3, 0.4) is 0 Å². The van der Waals surface area contributed by atoms with E-state index in [4.69, 9.17) is 4.74 Å². The zero-order chi connectivity index (χ0) is 22.4. The highest BCUT2D eigenvalue weighted by Gasteiger charge is 2.26. The van der Waals surface area contributed by atoms with Gasteiger partial charge in [0, 0.05) is 0 Å². The average molecular weight is 411 g/mol. The number of hydrogen-bond acceptors (Lipinski definition) is 2. The zero-order valence-corrected chi connectivity index (χ0v) is 19.0. The summed E-state index contributed by atoms with van der Waals surface area (Å²) in [7, 11) is 1.44. The van der Waals surface area contributed by atoms with Crippen LogP contribution in [0.5, 0.6) is 0 Å². The second kappa shape index (κ2) is 10.1. The normalized spacial score (nSPS) is 16.9. The van der Waals surface area contributed by atoms with Crippen molar-refractivity contribution in [3.8, 4) is 0 Å². The van der Waals surface area contributed by atoms with Gasteiger partial charge in [-0.2, -0.15) is 0 Å². The lowest BCUT2D eigenvalue weighted by Crippen LogP contribution is -2.11. The number of benzene rings is 1. The Labute approximate surface area is 186 Å². The van der Waals surface area contributed by atoms with Crippen molar-refractivity contribution in [3.05, 3.63) is 124 Å². The molecule has 158 valence electrons. The second-order valence-electron chi connectivity index (χ2n) is 8.07. The Morgan fingerprint density at radius 3 is 2.26 bits per heavy atom. The van der Waals surface area contributed by atoms with Gasteiger partial charge in [-0.25, -0.2) is 4.79 Å². The van der Waals surface area contributed by atoms with Crippen molar-refractivity contribution in [1.82, 2.24) is 0 Å². The predicted octanol–water partition coefficient (Wildman–Crippen LogP) is 7.08. The molecule has 1 aromatic carbocycles. The first-order chi connectivity index (χ1) is 14.9. The minimum atomic E-state index is -0.326. The Morgan fingerprint density at radius 2 is 1.58 bits per heavy atom. The quantitative estimate of drug-likeness (QED) is 0.383. The van der Waals surface area contributed by atoms with E-state index in [0.717, 1.165) is 33.4 Å². The van der Waals surface area contributed by atoms with Gasteiger partial charge in [-0.15, -0.1) is 0 Å². The van der Waals surface area contributed by atoms with Crippen LogP contribution in [0.2, 0.25) is 0 Å². The summed E-state index contributed by atoms with van der Waals surface area (Å²) in [5.41, 5.74) is 7.99. The highest BCUT2D eigenvalue weighted by Crippen LogP contribution is 2.38. The van der Waals surface area contributed by atoms with E-state index in [0.29, 0.717) is 11.5 Å². The molecular formula is C29H30O2. The third-order valence-corrected chi connectivity index (χ3v) is 5.51. The molecule has 1 aromatic rings. The predicted molar refractivity (Wildman–Crippen MR) is 130 cm³/mol. The van der Waals surface area contributed by atoms with Gasteiger partial charge in [0.15, 0.2) is 0 Å². The van der Waals surface area contributed by atoms with Crippen LogP contribution in [0, 0.1) is 5.92 Å². The van der Waals surface area contributed by atoms with Crippen LogP contribution >= 0.6 is 0 Å². The van der Waals surface area contributed by atoms with E-state index in [2.05, 4.69) is 64.1 Å². The summed E-state index contributed by atoms with van der Waals surface area (Å²) in [6, 6.07) is 10.1. The lowest BCUT2D eigenvalue weighted by Gasteiger charge is -2.17. The Morgan fingerprint density at radius 1 is 0.903 bits per heavy atom. The highest BCUT2D eigenvalue weighted by molar-refractivity contribution is 5.98. The Kier molecular flexibility index (Phi) is 7.25. The van der Waals surface area contributed by atoms with Gasteiger partial charge < -0.3 is 4.74 Å². The molecule has 0 aliphatic heterocycles. The molecule has 0 fully saturated rings. The zero-order valence-electron chi connectivity index (χ0n) is 19.0. The molecule has 2 heteroatoms. The van der Waals surface area contributed by atoms with Crippen LogP contribution in [0.1, 0.15) is 33.3 Å². The van der Waals surface area contributed by atoms with Gasteiger partial charge in [0.05, 0.1) is 12.7 Å². The number of carbonyl (C=O) groups is 1. The molecule has 0 saturated heterocycles. The van der Waals surface area contributed by atoms with E-state index < -0.39 is 0 Å². The molecule has 0 spiro atoms. The van der Waals surface area contributed by atoms with Crippen LogP contribution in [0.4, 0.5) is 0 Å². The van der Waals surface area contributed by atoms with Crippen molar-refractivity contribution in [2.75, 3.05) is 7.11 Å². The van der Waals surface area contributed by atoms with Crippen LogP contribution in [0.15, 0.2) is 118 Å². The van der Waals surface area contributed by atoms with Crippen molar-refractivity contribution in [2.24, 2.45) is 5.92 Å². The summed E-state index contributed by atoms with van der Waals surface area (Å²) in [5.74, 6) is 0.0664. The van der Waals surface area contributed by atoms with Crippen molar-refractivity contribution in [3.63, 3.8) is 0 Å². The lowest BCUT2D eigenvalue weighted by atomic mass is 9.87. The van der Waals surface area contributed by atoms with Crippen LogP contribution in [-0.2, 0) is 9.53 Å². The number of methoxy groups -OCH3 is 1. The number of ether oxygens (including phenoxy) is 1. The maximum atomic E-state index is 13.0. The highest BCUT2D eigenvalue weighted by atomic mass is 16.5. The van der Waals surface area contributed by atoms with Crippen LogP contribution in [-0.4, -0.2) is 13.1 Å². The topological polar surface area (TPSA) is 26.3 Å². The van der Waals surface area contributed by atoms with Crippen molar-refractivity contribution < 1.29 is 9.53 Å². The summed E-state index contributed by atoms with van der Waals surface area (Å²) in [6.45, 7) is 8.52. The van der Waals surface area contributed by atoms with E-state index in [-0.39, 0.29) is 5.97 Å². The summed E-state index contributed by atoms with van der Waals surface area (Å²) >= 11 is 0. The number of fused-ring (bicyclic) bond motifs is 1. The van der Waals surface area contributed by atoms with Crippen LogP contribution in [0.25, 0.3) is 6.08 Å². The smallest absolute Gasteiger partial charge is 0.339 e. The van der Waals surface area contributed by atoms with Gasteiger partial charge in [0.1, 0.15) is 0 Å². The van der Waals surface area contributed by atoms with E-state index in [1.54, 1.807) is 0 Å². The van der Waals surface area contributed by atoms with Crippen molar-refractivity contribution >= 4 is 12.0 Å². The molecule has 0 atom stereocenters. The molecule has 0 saturated carbocycles. The summed E-state index contributed by atoms with van der Waals surface area (Å²) < 4.78 is 5.21. The summed E-state index contributed by atoms with van der Waals surface area (Å²) in [4.78, 5) is 13.0. The minimum absolute atomic E-state index is 0.326. The number of esters is 1. The molecule has 0 heterocycles. The molecule has 0 amide bonds. The first kappa shape index (κ1) is 22.3. The fraction of sp³-hybridized carbons (Fsp3) is 0.207. The monoisotopic (exact) mass is 410 g/mol.